The summed E-state index contributed by atoms with van der Waals surface area (Å²) in [5.74, 6) is 0. The number of hydrogen-bond acceptors (Lipinski definition) is 3. The van der Waals surface area contributed by atoms with Gasteiger partial charge in [-0.2, -0.15) is 0 Å². The molecular formula is C20H27FO3. The maximum Gasteiger partial charge on any atom is 0.183 e. The minimum Gasteiger partial charge on any atom is -0.493 e. The average molecular weight is 334 g/mol. The standard InChI is InChI=1S/C20H27FO3/c1-3-11-20(21)13-23-19(24-14-20)17-9-10-18(22-12-17)16-7-5-15(4-2)6-8-16/h5-8,12,18-19H,3-4,9-11,13-14H2,1-2H3. The van der Waals surface area contributed by atoms with E-state index in [1.807, 2.05) is 6.92 Å². The molecule has 0 N–H and O–H groups in total. The molecule has 0 amide bonds. The molecule has 1 aromatic rings. The maximum absolute atomic E-state index is 14.4. The van der Waals surface area contributed by atoms with E-state index in [4.69, 9.17) is 14.2 Å². The minimum absolute atomic E-state index is 0.0728. The zero-order valence-electron chi connectivity index (χ0n) is 14.6. The fourth-order valence-electron chi connectivity index (χ4n) is 3.33. The molecule has 132 valence electrons. The first-order valence-corrected chi connectivity index (χ1v) is 8.99. The smallest absolute Gasteiger partial charge is 0.183 e. The summed E-state index contributed by atoms with van der Waals surface area (Å²) in [5, 5.41) is 0. The quantitative estimate of drug-likeness (QED) is 0.769. The van der Waals surface area contributed by atoms with E-state index >= 15 is 0 Å². The highest BCUT2D eigenvalue weighted by Gasteiger charge is 2.38. The molecule has 1 unspecified atom stereocenters. The van der Waals surface area contributed by atoms with Crippen LogP contribution in [0.3, 0.4) is 0 Å². The Balaban J connectivity index is 1.56. The van der Waals surface area contributed by atoms with Crippen molar-refractivity contribution in [2.45, 2.75) is 64.0 Å². The Kier molecular flexibility index (Phi) is 5.57. The highest BCUT2D eigenvalue weighted by Crippen LogP contribution is 2.34. The van der Waals surface area contributed by atoms with Crippen LogP contribution in [-0.4, -0.2) is 25.2 Å². The van der Waals surface area contributed by atoms with Crippen molar-refractivity contribution in [2.24, 2.45) is 0 Å². The molecule has 2 aliphatic rings. The van der Waals surface area contributed by atoms with E-state index in [9.17, 15) is 4.39 Å². The van der Waals surface area contributed by atoms with Crippen LogP contribution in [-0.2, 0) is 20.6 Å². The van der Waals surface area contributed by atoms with Gasteiger partial charge in [0.15, 0.2) is 12.0 Å². The zero-order valence-corrected chi connectivity index (χ0v) is 14.6. The van der Waals surface area contributed by atoms with Crippen molar-refractivity contribution in [1.29, 1.82) is 0 Å². The summed E-state index contributed by atoms with van der Waals surface area (Å²) in [6, 6.07) is 8.58. The lowest BCUT2D eigenvalue weighted by Crippen LogP contribution is -2.44. The third kappa shape index (κ3) is 3.98. The van der Waals surface area contributed by atoms with Crippen LogP contribution in [0.5, 0.6) is 0 Å². The molecule has 4 heteroatoms. The van der Waals surface area contributed by atoms with Crippen LogP contribution < -0.4 is 0 Å². The van der Waals surface area contributed by atoms with E-state index in [2.05, 4.69) is 31.2 Å². The van der Waals surface area contributed by atoms with Gasteiger partial charge in [0, 0.05) is 5.57 Å². The molecule has 0 aromatic heterocycles. The second-order valence-electron chi connectivity index (χ2n) is 6.81. The molecule has 0 aliphatic carbocycles. The Morgan fingerprint density at radius 1 is 1.12 bits per heavy atom. The van der Waals surface area contributed by atoms with Gasteiger partial charge in [0.1, 0.15) is 6.10 Å². The second-order valence-corrected chi connectivity index (χ2v) is 6.81. The molecule has 1 atom stereocenters. The van der Waals surface area contributed by atoms with Gasteiger partial charge in [0.25, 0.3) is 0 Å². The highest BCUT2D eigenvalue weighted by atomic mass is 19.1. The molecule has 2 heterocycles. The summed E-state index contributed by atoms with van der Waals surface area (Å²) in [6.45, 7) is 4.32. The van der Waals surface area contributed by atoms with Gasteiger partial charge >= 0.3 is 0 Å². The van der Waals surface area contributed by atoms with E-state index in [-0.39, 0.29) is 19.3 Å². The SMILES string of the molecule is CCCC1(F)COC(C2=COC(c3ccc(CC)cc3)CC2)OC1. The van der Waals surface area contributed by atoms with E-state index in [1.54, 1.807) is 6.26 Å². The summed E-state index contributed by atoms with van der Waals surface area (Å²) >= 11 is 0. The molecule has 0 saturated carbocycles. The number of halogens is 1. The normalized spacial score (nSPS) is 30.5. The van der Waals surface area contributed by atoms with Gasteiger partial charge in [-0.15, -0.1) is 0 Å². The molecule has 2 aliphatic heterocycles. The van der Waals surface area contributed by atoms with Crippen LogP contribution in [0, 0.1) is 0 Å². The maximum atomic E-state index is 14.4. The van der Waals surface area contributed by atoms with Crippen LogP contribution in [0.1, 0.15) is 56.8 Å². The Morgan fingerprint density at radius 3 is 2.38 bits per heavy atom. The third-order valence-corrected chi connectivity index (χ3v) is 4.83. The first-order chi connectivity index (χ1) is 11.6. The number of hydrogen-bond donors (Lipinski definition) is 0. The fraction of sp³-hybridized carbons (Fsp3) is 0.600. The third-order valence-electron chi connectivity index (χ3n) is 4.83. The monoisotopic (exact) mass is 334 g/mol. The molecule has 3 rings (SSSR count). The topological polar surface area (TPSA) is 27.7 Å². The number of ether oxygens (including phenoxy) is 3. The van der Waals surface area contributed by atoms with Crippen molar-refractivity contribution in [1.82, 2.24) is 0 Å². The Bertz CT molecular complexity index is 559. The van der Waals surface area contributed by atoms with Gasteiger partial charge in [0.2, 0.25) is 0 Å². The molecule has 0 bridgehead atoms. The minimum atomic E-state index is -1.34. The molecule has 1 fully saturated rings. The van der Waals surface area contributed by atoms with Gasteiger partial charge in [-0.3, -0.25) is 0 Å². The van der Waals surface area contributed by atoms with Gasteiger partial charge in [-0.05, 0) is 36.8 Å². The summed E-state index contributed by atoms with van der Waals surface area (Å²) in [4.78, 5) is 0. The van der Waals surface area contributed by atoms with Crippen LogP contribution in [0.4, 0.5) is 4.39 Å². The molecule has 0 radical (unpaired) electrons. The van der Waals surface area contributed by atoms with E-state index in [0.29, 0.717) is 6.42 Å². The molecular weight excluding hydrogens is 307 g/mol. The van der Waals surface area contributed by atoms with Crippen molar-refractivity contribution in [3.05, 3.63) is 47.2 Å². The first kappa shape index (κ1) is 17.4. The molecule has 1 saturated heterocycles. The molecule has 24 heavy (non-hydrogen) atoms. The van der Waals surface area contributed by atoms with Gasteiger partial charge in [0.05, 0.1) is 19.5 Å². The van der Waals surface area contributed by atoms with Crippen molar-refractivity contribution in [3.8, 4) is 0 Å². The van der Waals surface area contributed by atoms with Crippen molar-refractivity contribution in [3.63, 3.8) is 0 Å². The molecule has 3 nitrogen and oxygen atoms in total. The lowest BCUT2D eigenvalue weighted by Gasteiger charge is -2.36. The predicted molar refractivity (Wildman–Crippen MR) is 91.4 cm³/mol. The van der Waals surface area contributed by atoms with E-state index < -0.39 is 12.0 Å². The van der Waals surface area contributed by atoms with Crippen molar-refractivity contribution in [2.75, 3.05) is 13.2 Å². The van der Waals surface area contributed by atoms with Gasteiger partial charge in [-0.25, -0.2) is 4.39 Å². The number of aryl methyl sites for hydroxylation is 1. The summed E-state index contributed by atoms with van der Waals surface area (Å²) in [6.07, 6.45) is 5.40. The van der Waals surface area contributed by atoms with Gasteiger partial charge < -0.3 is 14.2 Å². The van der Waals surface area contributed by atoms with Crippen molar-refractivity contribution >= 4 is 0 Å². The van der Waals surface area contributed by atoms with E-state index in [0.717, 1.165) is 31.3 Å². The lowest BCUT2D eigenvalue weighted by molar-refractivity contribution is -0.220. The highest BCUT2D eigenvalue weighted by molar-refractivity contribution is 5.25. The number of rotatable bonds is 5. The van der Waals surface area contributed by atoms with E-state index in [1.165, 1.54) is 11.1 Å². The summed E-state index contributed by atoms with van der Waals surface area (Å²) < 4.78 is 31.5. The van der Waals surface area contributed by atoms with Crippen LogP contribution in [0.15, 0.2) is 36.1 Å². The molecule has 0 spiro atoms. The number of benzene rings is 1. The largest absolute Gasteiger partial charge is 0.493 e. The number of alkyl halides is 1. The lowest BCUT2D eigenvalue weighted by atomic mass is 9.97. The molecule has 1 aromatic carbocycles. The van der Waals surface area contributed by atoms with Crippen LogP contribution in [0.2, 0.25) is 0 Å². The Hall–Kier alpha value is -1.39. The predicted octanol–water partition coefficient (Wildman–Crippen LogP) is 4.87. The Labute approximate surface area is 143 Å². The second kappa shape index (κ2) is 7.66. The first-order valence-electron chi connectivity index (χ1n) is 8.99. The summed E-state index contributed by atoms with van der Waals surface area (Å²) in [7, 11) is 0. The zero-order chi connectivity index (χ0) is 17.0. The fourth-order valence-corrected chi connectivity index (χ4v) is 3.33. The summed E-state index contributed by atoms with van der Waals surface area (Å²) in [5.41, 5.74) is 2.15. The Morgan fingerprint density at radius 2 is 1.83 bits per heavy atom. The average Bonchev–Trinajstić information content (AvgIpc) is 2.63. The van der Waals surface area contributed by atoms with Gasteiger partial charge in [-0.1, -0.05) is 44.5 Å². The van der Waals surface area contributed by atoms with Crippen LogP contribution in [0.25, 0.3) is 0 Å². The van der Waals surface area contributed by atoms with Crippen LogP contribution >= 0.6 is 0 Å². The van der Waals surface area contributed by atoms with Crippen molar-refractivity contribution < 1.29 is 18.6 Å².